The molecule has 24 heavy (non-hydrogen) atoms. The quantitative estimate of drug-likeness (QED) is 0.733. The fraction of sp³-hybridized carbons (Fsp3) is 0.158. The highest BCUT2D eigenvalue weighted by Gasteiger charge is 2.22. The van der Waals surface area contributed by atoms with Gasteiger partial charge in [0.05, 0.1) is 16.5 Å². The van der Waals surface area contributed by atoms with Gasteiger partial charge in [-0.25, -0.2) is 12.4 Å². The normalized spacial score (nSPS) is 13.0. The van der Waals surface area contributed by atoms with Gasteiger partial charge in [0, 0.05) is 17.1 Å². The highest BCUT2D eigenvalue weighted by molar-refractivity contribution is 7.90. The average Bonchev–Trinajstić information content (AvgIpc) is 2.95. The van der Waals surface area contributed by atoms with Crippen LogP contribution in [-0.2, 0) is 10.0 Å². The van der Waals surface area contributed by atoms with Crippen LogP contribution in [-0.4, -0.2) is 17.5 Å². The monoisotopic (exact) mass is 341 g/mol. The molecule has 0 amide bonds. The first kappa shape index (κ1) is 16.5. The van der Waals surface area contributed by atoms with Crippen LogP contribution in [0.15, 0.2) is 77.3 Å². The standard InChI is InChI=1S/C19H19NO3S/c1-14(2)12-19(21)17-13-20(18-11-7-6-10-16(17)18)24(22,23)15-8-4-3-5-9-15/h3-13,19,21H,1-2H3. The van der Waals surface area contributed by atoms with Crippen LogP contribution in [0.1, 0.15) is 25.5 Å². The molecule has 124 valence electrons. The van der Waals surface area contributed by atoms with E-state index in [1.54, 1.807) is 48.5 Å². The van der Waals surface area contributed by atoms with Crippen LogP contribution in [0.4, 0.5) is 0 Å². The molecular formula is C19H19NO3S. The predicted octanol–water partition coefficient (Wildman–Crippen LogP) is 3.88. The van der Waals surface area contributed by atoms with E-state index in [0.717, 1.165) is 11.0 Å². The molecule has 5 heteroatoms. The lowest BCUT2D eigenvalue weighted by atomic mass is 10.1. The molecule has 0 aliphatic heterocycles. The van der Waals surface area contributed by atoms with Crippen molar-refractivity contribution in [1.29, 1.82) is 0 Å². The Morgan fingerprint density at radius 2 is 1.67 bits per heavy atom. The Kier molecular flexibility index (Phi) is 4.30. The van der Waals surface area contributed by atoms with Crippen molar-refractivity contribution < 1.29 is 13.5 Å². The van der Waals surface area contributed by atoms with E-state index in [-0.39, 0.29) is 4.90 Å². The second-order valence-corrected chi connectivity index (χ2v) is 7.72. The molecule has 0 spiro atoms. The SMILES string of the molecule is CC(C)=CC(O)c1cn(S(=O)(=O)c2ccccc2)c2ccccc12. The Bertz CT molecular complexity index is 998. The van der Waals surface area contributed by atoms with Gasteiger partial charge in [0.25, 0.3) is 10.0 Å². The van der Waals surface area contributed by atoms with E-state index >= 15 is 0 Å². The van der Waals surface area contributed by atoms with Crippen molar-refractivity contribution in [3.63, 3.8) is 0 Å². The van der Waals surface area contributed by atoms with Crippen molar-refractivity contribution in [1.82, 2.24) is 3.97 Å². The third-order valence-electron chi connectivity index (χ3n) is 3.82. The topological polar surface area (TPSA) is 59.3 Å². The summed E-state index contributed by atoms with van der Waals surface area (Å²) >= 11 is 0. The molecule has 0 bridgehead atoms. The Labute approximate surface area is 141 Å². The first-order chi connectivity index (χ1) is 11.4. The molecule has 1 atom stereocenters. The zero-order valence-electron chi connectivity index (χ0n) is 13.5. The summed E-state index contributed by atoms with van der Waals surface area (Å²) in [4.78, 5) is 0.217. The number of aliphatic hydroxyl groups is 1. The number of rotatable bonds is 4. The summed E-state index contributed by atoms with van der Waals surface area (Å²) in [6.45, 7) is 3.78. The molecule has 4 nitrogen and oxygen atoms in total. The van der Waals surface area contributed by atoms with Crippen molar-refractivity contribution in [2.45, 2.75) is 24.8 Å². The smallest absolute Gasteiger partial charge is 0.268 e. The van der Waals surface area contributed by atoms with E-state index in [2.05, 4.69) is 0 Å². The van der Waals surface area contributed by atoms with Crippen LogP contribution in [0.25, 0.3) is 10.9 Å². The highest BCUT2D eigenvalue weighted by atomic mass is 32.2. The number of aromatic nitrogens is 1. The maximum atomic E-state index is 13.0. The molecule has 1 aromatic heterocycles. The number of fused-ring (bicyclic) bond motifs is 1. The van der Waals surface area contributed by atoms with Gasteiger partial charge in [-0.05, 0) is 32.0 Å². The molecule has 0 fully saturated rings. The van der Waals surface area contributed by atoms with E-state index in [1.165, 1.54) is 10.2 Å². The first-order valence-electron chi connectivity index (χ1n) is 7.65. The molecular weight excluding hydrogens is 322 g/mol. The fourth-order valence-electron chi connectivity index (χ4n) is 2.72. The van der Waals surface area contributed by atoms with E-state index in [0.29, 0.717) is 11.1 Å². The van der Waals surface area contributed by atoms with E-state index in [4.69, 9.17) is 0 Å². The van der Waals surface area contributed by atoms with Gasteiger partial charge in [-0.3, -0.25) is 0 Å². The highest BCUT2D eigenvalue weighted by Crippen LogP contribution is 2.30. The molecule has 3 rings (SSSR count). The van der Waals surface area contributed by atoms with Crippen molar-refractivity contribution in [2.75, 3.05) is 0 Å². The summed E-state index contributed by atoms with van der Waals surface area (Å²) in [5, 5.41) is 11.2. The minimum Gasteiger partial charge on any atom is -0.384 e. The molecule has 0 aliphatic carbocycles. The van der Waals surface area contributed by atoms with Crippen molar-refractivity contribution in [3.05, 3.63) is 78.0 Å². The first-order valence-corrected chi connectivity index (χ1v) is 9.09. The van der Waals surface area contributed by atoms with Gasteiger partial charge in [-0.15, -0.1) is 0 Å². The maximum Gasteiger partial charge on any atom is 0.268 e. The molecule has 1 unspecified atom stereocenters. The molecule has 3 aromatic rings. The maximum absolute atomic E-state index is 13.0. The lowest BCUT2D eigenvalue weighted by molar-refractivity contribution is 0.229. The summed E-state index contributed by atoms with van der Waals surface area (Å²) in [5.74, 6) is 0. The second kappa shape index (κ2) is 6.26. The number of para-hydroxylation sites is 1. The van der Waals surface area contributed by atoms with E-state index < -0.39 is 16.1 Å². The Morgan fingerprint density at radius 3 is 2.33 bits per heavy atom. The van der Waals surface area contributed by atoms with Gasteiger partial charge in [0.2, 0.25) is 0 Å². The zero-order chi connectivity index (χ0) is 17.3. The lowest BCUT2D eigenvalue weighted by Gasteiger charge is -2.07. The summed E-state index contributed by atoms with van der Waals surface area (Å²) in [6, 6.07) is 15.5. The van der Waals surface area contributed by atoms with Crippen molar-refractivity contribution in [3.8, 4) is 0 Å². The number of benzene rings is 2. The summed E-state index contributed by atoms with van der Waals surface area (Å²) in [7, 11) is -3.72. The fourth-order valence-corrected chi connectivity index (χ4v) is 4.12. The number of allylic oxidation sites excluding steroid dienone is 1. The van der Waals surface area contributed by atoms with Crippen LogP contribution < -0.4 is 0 Å². The Hall–Kier alpha value is -2.37. The largest absolute Gasteiger partial charge is 0.384 e. The van der Waals surface area contributed by atoms with Gasteiger partial charge in [-0.1, -0.05) is 48.0 Å². The minimum absolute atomic E-state index is 0.217. The average molecular weight is 341 g/mol. The summed E-state index contributed by atoms with van der Waals surface area (Å²) in [6.07, 6.45) is 2.37. The molecule has 0 saturated heterocycles. The Balaban J connectivity index is 2.25. The minimum atomic E-state index is -3.72. The molecule has 0 radical (unpaired) electrons. The summed E-state index contributed by atoms with van der Waals surface area (Å²) < 4.78 is 27.2. The van der Waals surface area contributed by atoms with Gasteiger partial charge >= 0.3 is 0 Å². The van der Waals surface area contributed by atoms with Crippen LogP contribution in [0.2, 0.25) is 0 Å². The third-order valence-corrected chi connectivity index (χ3v) is 5.51. The van der Waals surface area contributed by atoms with Gasteiger partial charge in [0.15, 0.2) is 0 Å². The van der Waals surface area contributed by atoms with Gasteiger partial charge in [-0.2, -0.15) is 0 Å². The van der Waals surface area contributed by atoms with Crippen molar-refractivity contribution in [2.24, 2.45) is 0 Å². The lowest BCUT2D eigenvalue weighted by Crippen LogP contribution is -2.11. The van der Waals surface area contributed by atoms with Gasteiger partial charge in [0.1, 0.15) is 0 Å². The van der Waals surface area contributed by atoms with Crippen LogP contribution in [0.3, 0.4) is 0 Å². The van der Waals surface area contributed by atoms with Gasteiger partial charge < -0.3 is 5.11 Å². The zero-order valence-corrected chi connectivity index (χ0v) is 14.4. The number of hydrogen-bond donors (Lipinski definition) is 1. The van der Waals surface area contributed by atoms with Crippen molar-refractivity contribution >= 4 is 20.9 Å². The second-order valence-electron chi connectivity index (χ2n) is 5.90. The van der Waals surface area contributed by atoms with E-state index in [9.17, 15) is 13.5 Å². The summed E-state index contributed by atoms with van der Waals surface area (Å²) in [5.41, 5.74) is 2.09. The van der Waals surface area contributed by atoms with E-state index in [1.807, 2.05) is 26.0 Å². The number of aliphatic hydroxyl groups excluding tert-OH is 1. The number of nitrogens with zero attached hydrogens (tertiary/aromatic N) is 1. The molecule has 1 N–H and O–H groups in total. The molecule has 2 aromatic carbocycles. The number of hydrogen-bond acceptors (Lipinski definition) is 3. The molecule has 1 heterocycles. The van der Waals surface area contributed by atoms with Crippen LogP contribution in [0.5, 0.6) is 0 Å². The van der Waals surface area contributed by atoms with Crippen LogP contribution >= 0.6 is 0 Å². The predicted molar refractivity (Wildman–Crippen MR) is 95.4 cm³/mol. The van der Waals surface area contributed by atoms with Crippen LogP contribution in [0, 0.1) is 0 Å². The molecule has 0 aliphatic rings. The third kappa shape index (κ3) is 2.88. The Morgan fingerprint density at radius 1 is 1.04 bits per heavy atom. The molecule has 0 saturated carbocycles.